The van der Waals surface area contributed by atoms with E-state index in [-0.39, 0.29) is 12.4 Å². The van der Waals surface area contributed by atoms with Crippen LogP contribution in [-0.4, -0.2) is 31.9 Å². The van der Waals surface area contributed by atoms with Crippen LogP contribution in [0.2, 0.25) is 0 Å². The number of halogens is 1. The van der Waals surface area contributed by atoms with Crippen molar-refractivity contribution in [3.05, 3.63) is 29.6 Å². The van der Waals surface area contributed by atoms with Crippen LogP contribution < -0.4 is 10.2 Å². The average Bonchev–Trinajstić information content (AvgIpc) is 2.45. The van der Waals surface area contributed by atoms with E-state index < -0.39 is 0 Å². The molecule has 114 valence electrons. The topological polar surface area (TPSA) is 35.5 Å². The number of unbranched alkanes of at least 4 members (excludes halogenated alkanes) is 2. The lowest BCUT2D eigenvalue weighted by molar-refractivity contribution is 0.283. The van der Waals surface area contributed by atoms with Crippen molar-refractivity contribution in [2.75, 3.05) is 31.6 Å². The molecule has 0 heterocycles. The van der Waals surface area contributed by atoms with Gasteiger partial charge in [-0.2, -0.15) is 0 Å². The molecule has 0 atom stereocenters. The molecular formula is C16H27FN2O. The van der Waals surface area contributed by atoms with Crippen molar-refractivity contribution < 1.29 is 9.50 Å². The van der Waals surface area contributed by atoms with Crippen molar-refractivity contribution in [2.24, 2.45) is 0 Å². The van der Waals surface area contributed by atoms with E-state index in [1.54, 1.807) is 6.07 Å². The first kappa shape index (κ1) is 16.9. The molecule has 0 aliphatic heterocycles. The highest BCUT2D eigenvalue weighted by molar-refractivity contribution is 5.53. The molecule has 0 radical (unpaired) electrons. The number of nitrogens with zero attached hydrogens (tertiary/aromatic N) is 1. The Morgan fingerprint density at radius 1 is 1.25 bits per heavy atom. The Bertz CT molecular complexity index is 385. The van der Waals surface area contributed by atoms with Crippen LogP contribution in [0, 0.1) is 5.82 Å². The maximum absolute atomic E-state index is 14.0. The number of hydrogen-bond acceptors (Lipinski definition) is 3. The van der Waals surface area contributed by atoms with Gasteiger partial charge in [0.15, 0.2) is 0 Å². The second-order valence-electron chi connectivity index (χ2n) is 5.12. The summed E-state index contributed by atoms with van der Waals surface area (Å²) >= 11 is 0. The van der Waals surface area contributed by atoms with Crippen LogP contribution in [0.5, 0.6) is 0 Å². The highest BCUT2D eigenvalue weighted by Gasteiger charge is 2.11. The number of benzene rings is 1. The molecule has 0 amide bonds. The Morgan fingerprint density at radius 3 is 2.75 bits per heavy atom. The number of hydrogen-bond donors (Lipinski definition) is 2. The molecule has 4 heteroatoms. The predicted molar refractivity (Wildman–Crippen MR) is 82.6 cm³/mol. The van der Waals surface area contributed by atoms with E-state index in [1.165, 1.54) is 6.07 Å². The van der Waals surface area contributed by atoms with Crippen LogP contribution >= 0.6 is 0 Å². The molecule has 0 spiro atoms. The lowest BCUT2D eigenvalue weighted by Crippen LogP contribution is -2.23. The lowest BCUT2D eigenvalue weighted by Gasteiger charge is -2.23. The van der Waals surface area contributed by atoms with Crippen molar-refractivity contribution in [2.45, 2.75) is 39.2 Å². The van der Waals surface area contributed by atoms with Crippen molar-refractivity contribution in [1.29, 1.82) is 0 Å². The smallest absolute Gasteiger partial charge is 0.129 e. The summed E-state index contributed by atoms with van der Waals surface area (Å²) in [6.45, 7) is 4.69. The van der Waals surface area contributed by atoms with Crippen LogP contribution in [0.25, 0.3) is 0 Å². The highest BCUT2D eigenvalue weighted by atomic mass is 19.1. The fraction of sp³-hybridized carbons (Fsp3) is 0.625. The van der Waals surface area contributed by atoms with Gasteiger partial charge in [0, 0.05) is 38.0 Å². The van der Waals surface area contributed by atoms with Gasteiger partial charge in [-0.25, -0.2) is 4.39 Å². The van der Waals surface area contributed by atoms with Crippen LogP contribution in [0.15, 0.2) is 18.2 Å². The normalized spacial score (nSPS) is 10.8. The quantitative estimate of drug-likeness (QED) is 0.648. The second-order valence-corrected chi connectivity index (χ2v) is 5.12. The van der Waals surface area contributed by atoms with Crippen LogP contribution in [-0.2, 0) is 6.54 Å². The minimum atomic E-state index is -0.145. The van der Waals surface area contributed by atoms with Gasteiger partial charge in [0.25, 0.3) is 0 Å². The van der Waals surface area contributed by atoms with Gasteiger partial charge in [0.2, 0.25) is 0 Å². The van der Waals surface area contributed by atoms with Gasteiger partial charge >= 0.3 is 0 Å². The average molecular weight is 282 g/mol. The highest BCUT2D eigenvalue weighted by Crippen LogP contribution is 2.22. The van der Waals surface area contributed by atoms with Gasteiger partial charge in [-0.05, 0) is 44.4 Å². The number of aliphatic hydroxyl groups excluding tert-OH is 1. The SMILES string of the molecule is CCCNCc1c(F)cccc1N(C)CCCCCO. The van der Waals surface area contributed by atoms with Crippen molar-refractivity contribution >= 4 is 5.69 Å². The Kier molecular flexibility index (Phi) is 8.23. The molecule has 1 rings (SSSR count). The Hall–Kier alpha value is -1.13. The molecule has 0 aliphatic rings. The Labute approximate surface area is 121 Å². The molecule has 0 aliphatic carbocycles. The van der Waals surface area contributed by atoms with Gasteiger partial charge < -0.3 is 15.3 Å². The zero-order chi connectivity index (χ0) is 14.8. The standard InChI is InChI=1S/C16H27FN2O/c1-3-10-18-13-14-15(17)8-7-9-16(14)19(2)11-5-4-6-12-20/h7-9,18,20H,3-6,10-13H2,1-2H3. The zero-order valence-electron chi connectivity index (χ0n) is 12.7. The lowest BCUT2D eigenvalue weighted by atomic mass is 10.1. The zero-order valence-corrected chi connectivity index (χ0v) is 12.7. The van der Waals surface area contributed by atoms with Gasteiger partial charge in [-0.3, -0.25) is 0 Å². The van der Waals surface area contributed by atoms with E-state index >= 15 is 0 Å². The third kappa shape index (κ3) is 5.47. The second kappa shape index (κ2) is 9.72. The molecule has 0 aromatic heterocycles. The molecule has 2 N–H and O–H groups in total. The fourth-order valence-electron chi connectivity index (χ4n) is 2.23. The number of anilines is 1. The molecule has 1 aromatic carbocycles. The fourth-order valence-corrected chi connectivity index (χ4v) is 2.23. The summed E-state index contributed by atoms with van der Waals surface area (Å²) in [6, 6.07) is 5.25. The minimum absolute atomic E-state index is 0.145. The van der Waals surface area contributed by atoms with Gasteiger partial charge in [0.1, 0.15) is 5.82 Å². The molecule has 0 bridgehead atoms. The molecule has 20 heavy (non-hydrogen) atoms. The van der Waals surface area contributed by atoms with E-state index in [0.717, 1.165) is 50.0 Å². The van der Waals surface area contributed by atoms with Crippen LogP contribution in [0.3, 0.4) is 0 Å². The summed E-state index contributed by atoms with van der Waals surface area (Å²) in [4.78, 5) is 2.10. The third-order valence-electron chi connectivity index (χ3n) is 3.39. The van der Waals surface area contributed by atoms with Gasteiger partial charge in [-0.1, -0.05) is 13.0 Å². The van der Waals surface area contributed by atoms with Crippen LogP contribution in [0.4, 0.5) is 10.1 Å². The molecule has 0 saturated heterocycles. The summed E-state index contributed by atoms with van der Waals surface area (Å²) in [6.07, 6.45) is 3.89. The van der Waals surface area contributed by atoms with E-state index in [9.17, 15) is 4.39 Å². The molecular weight excluding hydrogens is 255 g/mol. The summed E-state index contributed by atoms with van der Waals surface area (Å²) in [5, 5.41) is 12.0. The van der Waals surface area contributed by atoms with Crippen molar-refractivity contribution in [1.82, 2.24) is 5.32 Å². The van der Waals surface area contributed by atoms with Crippen LogP contribution in [0.1, 0.15) is 38.2 Å². The van der Waals surface area contributed by atoms with E-state index in [0.29, 0.717) is 6.54 Å². The largest absolute Gasteiger partial charge is 0.396 e. The maximum atomic E-state index is 14.0. The maximum Gasteiger partial charge on any atom is 0.129 e. The van der Waals surface area contributed by atoms with E-state index in [1.807, 2.05) is 13.1 Å². The molecule has 0 unspecified atom stereocenters. The predicted octanol–water partition coefficient (Wildman–Crippen LogP) is 2.92. The first-order valence-corrected chi connectivity index (χ1v) is 7.50. The van der Waals surface area contributed by atoms with Gasteiger partial charge in [-0.15, -0.1) is 0 Å². The van der Waals surface area contributed by atoms with E-state index in [4.69, 9.17) is 5.11 Å². The Morgan fingerprint density at radius 2 is 2.05 bits per heavy atom. The third-order valence-corrected chi connectivity index (χ3v) is 3.39. The number of nitrogens with one attached hydrogen (secondary N) is 1. The molecule has 3 nitrogen and oxygen atoms in total. The summed E-state index contributed by atoms with van der Waals surface area (Å²) in [5.41, 5.74) is 1.70. The first-order chi connectivity index (χ1) is 9.70. The minimum Gasteiger partial charge on any atom is -0.396 e. The molecule has 0 fully saturated rings. The monoisotopic (exact) mass is 282 g/mol. The van der Waals surface area contributed by atoms with Crippen molar-refractivity contribution in [3.8, 4) is 0 Å². The molecule has 0 saturated carbocycles. The number of rotatable bonds is 10. The van der Waals surface area contributed by atoms with Crippen molar-refractivity contribution in [3.63, 3.8) is 0 Å². The molecule has 1 aromatic rings. The van der Waals surface area contributed by atoms with Gasteiger partial charge in [0.05, 0.1) is 0 Å². The number of aliphatic hydroxyl groups is 1. The van der Waals surface area contributed by atoms with E-state index in [2.05, 4.69) is 17.1 Å². The summed E-state index contributed by atoms with van der Waals surface area (Å²) in [5.74, 6) is -0.145. The first-order valence-electron chi connectivity index (χ1n) is 7.50. The summed E-state index contributed by atoms with van der Waals surface area (Å²) < 4.78 is 14.0. The summed E-state index contributed by atoms with van der Waals surface area (Å²) in [7, 11) is 2.00. The Balaban J connectivity index is 2.64.